The van der Waals surface area contributed by atoms with Gasteiger partial charge in [-0.1, -0.05) is 0 Å². The van der Waals surface area contributed by atoms with Crippen LogP contribution in [0.3, 0.4) is 0 Å². The molecule has 1 fully saturated rings. The fourth-order valence-corrected chi connectivity index (χ4v) is 1.07. The van der Waals surface area contributed by atoms with E-state index in [1.165, 1.54) is 7.11 Å². The van der Waals surface area contributed by atoms with Crippen molar-refractivity contribution < 1.29 is 9.53 Å². The summed E-state index contributed by atoms with van der Waals surface area (Å²) in [5.74, 6) is 0.186. The third kappa shape index (κ3) is 2.24. The standard InChI is InChI=1S/C10H14O2/c1-7(2)6-9(8-4-5-8)10(11)12-3/h8H,4-5H2,1-3H3. The maximum atomic E-state index is 11.2. The SMILES string of the molecule is COC(=O)C(=C=C(C)C)C1CC1. The third-order valence-corrected chi connectivity index (χ3v) is 1.78. The largest absolute Gasteiger partial charge is 0.465 e. The summed E-state index contributed by atoms with van der Waals surface area (Å²) in [5, 5.41) is 0. The molecule has 0 spiro atoms. The maximum Gasteiger partial charge on any atom is 0.341 e. The molecule has 2 nitrogen and oxygen atoms in total. The summed E-state index contributed by atoms with van der Waals surface area (Å²) >= 11 is 0. The topological polar surface area (TPSA) is 26.3 Å². The molecule has 12 heavy (non-hydrogen) atoms. The van der Waals surface area contributed by atoms with E-state index in [1.807, 2.05) is 13.8 Å². The molecule has 0 bridgehead atoms. The van der Waals surface area contributed by atoms with Gasteiger partial charge in [-0.2, -0.15) is 0 Å². The number of carbonyl (C=O) groups excluding carboxylic acids is 1. The van der Waals surface area contributed by atoms with Gasteiger partial charge in [-0.3, -0.25) is 0 Å². The Bertz CT molecular complexity index is 249. The number of hydrogen-bond donors (Lipinski definition) is 0. The lowest BCUT2D eigenvalue weighted by Gasteiger charge is -1.99. The first-order chi connectivity index (χ1) is 5.65. The molecular formula is C10H14O2. The zero-order valence-corrected chi connectivity index (χ0v) is 7.81. The second-order valence-electron chi connectivity index (χ2n) is 3.30. The summed E-state index contributed by atoms with van der Waals surface area (Å²) in [6.45, 7) is 3.87. The van der Waals surface area contributed by atoms with Crippen LogP contribution in [0.15, 0.2) is 16.9 Å². The fourth-order valence-electron chi connectivity index (χ4n) is 1.07. The van der Waals surface area contributed by atoms with Crippen LogP contribution >= 0.6 is 0 Å². The first-order valence-corrected chi connectivity index (χ1v) is 4.17. The Hall–Kier alpha value is -1.01. The highest BCUT2D eigenvalue weighted by atomic mass is 16.5. The van der Waals surface area contributed by atoms with Gasteiger partial charge < -0.3 is 4.74 Å². The molecule has 0 unspecified atom stereocenters. The molecule has 66 valence electrons. The van der Waals surface area contributed by atoms with Gasteiger partial charge in [0.25, 0.3) is 0 Å². The van der Waals surface area contributed by atoms with Gasteiger partial charge in [0.15, 0.2) is 0 Å². The van der Waals surface area contributed by atoms with Crippen LogP contribution in [0.2, 0.25) is 0 Å². The van der Waals surface area contributed by atoms with Gasteiger partial charge in [0, 0.05) is 0 Å². The van der Waals surface area contributed by atoms with Gasteiger partial charge in [0.1, 0.15) is 0 Å². The molecule has 1 saturated carbocycles. The quantitative estimate of drug-likeness (QED) is 0.356. The van der Waals surface area contributed by atoms with E-state index in [4.69, 9.17) is 0 Å². The van der Waals surface area contributed by atoms with E-state index < -0.39 is 0 Å². The fraction of sp³-hybridized carbons (Fsp3) is 0.600. The molecule has 0 atom stereocenters. The van der Waals surface area contributed by atoms with Crippen LogP contribution in [0.25, 0.3) is 0 Å². The van der Waals surface area contributed by atoms with E-state index >= 15 is 0 Å². The molecule has 0 aromatic heterocycles. The molecule has 1 aliphatic carbocycles. The molecular weight excluding hydrogens is 152 g/mol. The van der Waals surface area contributed by atoms with E-state index in [1.54, 1.807) is 0 Å². The maximum absolute atomic E-state index is 11.2. The van der Waals surface area contributed by atoms with Crippen molar-refractivity contribution in [2.24, 2.45) is 5.92 Å². The predicted octanol–water partition coefficient (Wildman–Crippen LogP) is 2.06. The zero-order valence-electron chi connectivity index (χ0n) is 7.81. The van der Waals surface area contributed by atoms with Crippen molar-refractivity contribution in [2.45, 2.75) is 26.7 Å². The second-order valence-corrected chi connectivity index (χ2v) is 3.30. The molecule has 0 aliphatic heterocycles. The summed E-state index contributed by atoms with van der Waals surface area (Å²) in [5.41, 5.74) is 4.80. The Morgan fingerprint density at radius 1 is 1.42 bits per heavy atom. The van der Waals surface area contributed by atoms with E-state index in [2.05, 4.69) is 10.5 Å². The third-order valence-electron chi connectivity index (χ3n) is 1.78. The van der Waals surface area contributed by atoms with Crippen molar-refractivity contribution in [3.8, 4) is 0 Å². The van der Waals surface area contributed by atoms with Crippen molar-refractivity contribution in [1.82, 2.24) is 0 Å². The van der Waals surface area contributed by atoms with Gasteiger partial charge in [-0.25, -0.2) is 4.79 Å². The van der Waals surface area contributed by atoms with Crippen molar-refractivity contribution in [3.63, 3.8) is 0 Å². The van der Waals surface area contributed by atoms with E-state index in [0.29, 0.717) is 5.92 Å². The van der Waals surface area contributed by atoms with Crippen LogP contribution in [-0.4, -0.2) is 13.1 Å². The number of ether oxygens (including phenoxy) is 1. The highest BCUT2D eigenvalue weighted by Gasteiger charge is 2.30. The van der Waals surface area contributed by atoms with Crippen molar-refractivity contribution in [3.05, 3.63) is 16.9 Å². The Morgan fingerprint density at radius 3 is 2.33 bits per heavy atom. The van der Waals surface area contributed by atoms with Crippen LogP contribution in [0.1, 0.15) is 26.7 Å². The van der Waals surface area contributed by atoms with Crippen molar-refractivity contribution >= 4 is 5.97 Å². The Kier molecular flexibility index (Phi) is 2.72. The number of rotatable bonds is 2. The minimum Gasteiger partial charge on any atom is -0.465 e. The molecule has 2 heteroatoms. The second kappa shape index (κ2) is 3.59. The highest BCUT2D eigenvalue weighted by Crippen LogP contribution is 2.36. The van der Waals surface area contributed by atoms with E-state index in [-0.39, 0.29) is 5.97 Å². The van der Waals surface area contributed by atoms with Crippen molar-refractivity contribution in [2.75, 3.05) is 7.11 Å². The van der Waals surface area contributed by atoms with Crippen LogP contribution in [0, 0.1) is 5.92 Å². The molecule has 0 saturated heterocycles. The summed E-state index contributed by atoms with van der Waals surface area (Å²) in [6.07, 6.45) is 2.20. The summed E-state index contributed by atoms with van der Waals surface area (Å²) in [6, 6.07) is 0. The molecule has 0 N–H and O–H groups in total. The number of hydrogen-bond acceptors (Lipinski definition) is 2. The van der Waals surface area contributed by atoms with E-state index in [9.17, 15) is 4.79 Å². The molecule has 0 heterocycles. The van der Waals surface area contributed by atoms with Gasteiger partial charge in [0.05, 0.1) is 12.7 Å². The first kappa shape index (κ1) is 9.08. The average molecular weight is 166 g/mol. The monoisotopic (exact) mass is 166 g/mol. The summed E-state index contributed by atoms with van der Waals surface area (Å²) in [7, 11) is 1.41. The van der Waals surface area contributed by atoms with Gasteiger partial charge in [-0.05, 0) is 38.2 Å². The lowest BCUT2D eigenvalue weighted by molar-refractivity contribution is -0.136. The minimum atomic E-state index is -0.223. The minimum absolute atomic E-state index is 0.223. The lowest BCUT2D eigenvalue weighted by Crippen LogP contribution is -2.05. The summed E-state index contributed by atoms with van der Waals surface area (Å²) < 4.78 is 4.66. The van der Waals surface area contributed by atoms with Crippen LogP contribution in [0.5, 0.6) is 0 Å². The van der Waals surface area contributed by atoms with Crippen molar-refractivity contribution in [1.29, 1.82) is 0 Å². The van der Waals surface area contributed by atoms with Gasteiger partial charge >= 0.3 is 5.97 Å². The predicted molar refractivity (Wildman–Crippen MR) is 46.6 cm³/mol. The van der Waals surface area contributed by atoms with Crippen LogP contribution < -0.4 is 0 Å². The molecule has 0 aromatic carbocycles. The van der Waals surface area contributed by atoms with E-state index in [0.717, 1.165) is 24.0 Å². The molecule has 0 radical (unpaired) electrons. The number of esters is 1. The summed E-state index contributed by atoms with van der Waals surface area (Å²) in [4.78, 5) is 11.2. The van der Waals surface area contributed by atoms with Gasteiger partial charge in [0.2, 0.25) is 0 Å². The molecule has 0 amide bonds. The first-order valence-electron chi connectivity index (χ1n) is 4.17. The van der Waals surface area contributed by atoms with Gasteiger partial charge in [-0.15, -0.1) is 5.73 Å². The Labute approximate surface area is 72.9 Å². The number of carbonyl (C=O) groups is 1. The molecule has 1 aliphatic rings. The van der Waals surface area contributed by atoms with Crippen LogP contribution in [-0.2, 0) is 9.53 Å². The Morgan fingerprint density at radius 2 is 2.00 bits per heavy atom. The van der Waals surface area contributed by atoms with Crippen LogP contribution in [0.4, 0.5) is 0 Å². The molecule has 0 aromatic rings. The lowest BCUT2D eigenvalue weighted by atomic mass is 10.1. The zero-order chi connectivity index (χ0) is 9.14. The smallest absolute Gasteiger partial charge is 0.341 e. The Balaban J connectivity index is 2.88. The number of methoxy groups -OCH3 is 1. The average Bonchev–Trinajstić information content (AvgIpc) is 2.81. The highest BCUT2D eigenvalue weighted by molar-refractivity contribution is 5.89. The molecule has 1 rings (SSSR count). The normalized spacial score (nSPS) is 14.9.